The number of furan rings is 1. The predicted molar refractivity (Wildman–Crippen MR) is 127 cm³/mol. The zero-order valence-corrected chi connectivity index (χ0v) is 19.4. The number of carbonyl (C=O) groups is 2. The summed E-state index contributed by atoms with van der Waals surface area (Å²) in [6, 6.07) is 13.3. The van der Waals surface area contributed by atoms with E-state index in [9.17, 15) is 14.9 Å². The Balaban J connectivity index is 1.53. The van der Waals surface area contributed by atoms with Gasteiger partial charge in [0.25, 0.3) is 5.91 Å². The number of carbonyl (C=O) groups excluding carboxylic acids is 2. The standard InChI is InChI=1S/C26H24N4O4/c1-15-18(4)30(13-19-8-7-11-33-19)25(21(15)12-27)29-23(31)14-34-26(32)24-16(2)20-9-5-6-10-22(20)28-17(24)3/h5-11H,13-14H2,1-4H3,(H,29,31). The van der Waals surface area contributed by atoms with Gasteiger partial charge >= 0.3 is 5.97 Å². The number of nitrogens with zero attached hydrogens (tertiary/aromatic N) is 3. The monoisotopic (exact) mass is 456 g/mol. The van der Waals surface area contributed by atoms with Crippen molar-refractivity contribution >= 4 is 28.6 Å². The van der Waals surface area contributed by atoms with Crippen LogP contribution in [0.4, 0.5) is 5.82 Å². The van der Waals surface area contributed by atoms with Crippen molar-refractivity contribution in [2.75, 3.05) is 11.9 Å². The van der Waals surface area contributed by atoms with E-state index in [1.54, 1.807) is 23.8 Å². The average molecular weight is 457 g/mol. The number of rotatable bonds is 6. The van der Waals surface area contributed by atoms with Gasteiger partial charge in [0, 0.05) is 11.1 Å². The summed E-state index contributed by atoms with van der Waals surface area (Å²) in [7, 11) is 0. The molecule has 8 nitrogen and oxygen atoms in total. The van der Waals surface area contributed by atoms with Gasteiger partial charge in [0.2, 0.25) is 0 Å². The van der Waals surface area contributed by atoms with Gasteiger partial charge in [-0.05, 0) is 57.0 Å². The molecule has 0 fully saturated rings. The van der Waals surface area contributed by atoms with Gasteiger partial charge < -0.3 is 19.0 Å². The Morgan fingerprint density at radius 3 is 2.59 bits per heavy atom. The van der Waals surface area contributed by atoms with Crippen LogP contribution in [-0.4, -0.2) is 28.0 Å². The van der Waals surface area contributed by atoms with Crippen molar-refractivity contribution in [3.8, 4) is 6.07 Å². The number of amides is 1. The van der Waals surface area contributed by atoms with E-state index < -0.39 is 18.5 Å². The molecule has 1 amide bonds. The van der Waals surface area contributed by atoms with E-state index in [2.05, 4.69) is 16.4 Å². The van der Waals surface area contributed by atoms with Crippen molar-refractivity contribution in [3.63, 3.8) is 0 Å². The highest BCUT2D eigenvalue weighted by Gasteiger charge is 2.22. The lowest BCUT2D eigenvalue weighted by molar-refractivity contribution is -0.119. The minimum absolute atomic E-state index is 0.342. The molecule has 4 rings (SSSR count). The zero-order chi connectivity index (χ0) is 24.4. The highest BCUT2D eigenvalue weighted by atomic mass is 16.5. The van der Waals surface area contributed by atoms with Gasteiger partial charge in [0.15, 0.2) is 6.61 Å². The summed E-state index contributed by atoms with van der Waals surface area (Å²) in [6.45, 7) is 7.10. The molecule has 0 spiro atoms. The lowest BCUT2D eigenvalue weighted by atomic mass is 10.0. The first-order valence-electron chi connectivity index (χ1n) is 10.8. The topological polar surface area (TPSA) is 110 Å². The molecule has 0 radical (unpaired) electrons. The van der Waals surface area contributed by atoms with Crippen LogP contribution in [0.1, 0.15) is 44.2 Å². The molecule has 3 heterocycles. The predicted octanol–water partition coefficient (Wildman–Crippen LogP) is 4.58. The van der Waals surface area contributed by atoms with Crippen LogP contribution in [0.5, 0.6) is 0 Å². The van der Waals surface area contributed by atoms with Gasteiger partial charge in [0.1, 0.15) is 17.6 Å². The van der Waals surface area contributed by atoms with E-state index >= 15 is 0 Å². The van der Waals surface area contributed by atoms with Crippen molar-refractivity contribution in [2.45, 2.75) is 34.2 Å². The van der Waals surface area contributed by atoms with Crippen molar-refractivity contribution in [3.05, 3.63) is 82.1 Å². The number of anilines is 1. The highest BCUT2D eigenvalue weighted by Crippen LogP contribution is 2.28. The maximum Gasteiger partial charge on any atom is 0.340 e. The molecule has 0 aliphatic heterocycles. The summed E-state index contributed by atoms with van der Waals surface area (Å²) < 4.78 is 12.6. The second-order valence-corrected chi connectivity index (χ2v) is 8.05. The Morgan fingerprint density at radius 2 is 1.88 bits per heavy atom. The molecule has 0 saturated heterocycles. The fraction of sp³-hybridized carbons (Fsp3) is 0.231. The van der Waals surface area contributed by atoms with Crippen LogP contribution in [0.3, 0.4) is 0 Å². The number of nitrogens with one attached hydrogen (secondary N) is 1. The number of para-hydroxylation sites is 1. The van der Waals surface area contributed by atoms with Gasteiger partial charge in [0.05, 0.1) is 35.1 Å². The summed E-state index contributed by atoms with van der Waals surface area (Å²) in [5.41, 5.74) is 4.36. The zero-order valence-electron chi connectivity index (χ0n) is 19.4. The van der Waals surface area contributed by atoms with E-state index in [4.69, 9.17) is 9.15 Å². The van der Waals surface area contributed by atoms with Crippen LogP contribution < -0.4 is 5.32 Å². The normalized spacial score (nSPS) is 10.8. The number of benzene rings is 1. The summed E-state index contributed by atoms with van der Waals surface area (Å²) in [5, 5.41) is 13.2. The molecule has 34 heavy (non-hydrogen) atoms. The van der Waals surface area contributed by atoms with Gasteiger partial charge in [-0.25, -0.2) is 4.79 Å². The van der Waals surface area contributed by atoms with Crippen molar-refractivity contribution in [1.29, 1.82) is 5.26 Å². The first-order chi connectivity index (χ1) is 16.3. The van der Waals surface area contributed by atoms with Crippen molar-refractivity contribution in [1.82, 2.24) is 9.55 Å². The number of esters is 1. The van der Waals surface area contributed by atoms with E-state index in [-0.39, 0.29) is 0 Å². The van der Waals surface area contributed by atoms with Gasteiger partial charge in [-0.2, -0.15) is 5.26 Å². The third-order valence-corrected chi connectivity index (χ3v) is 5.96. The Bertz CT molecular complexity index is 1440. The summed E-state index contributed by atoms with van der Waals surface area (Å²) in [5.74, 6) is -0.150. The number of hydrogen-bond acceptors (Lipinski definition) is 6. The summed E-state index contributed by atoms with van der Waals surface area (Å²) in [6.07, 6.45) is 1.57. The van der Waals surface area contributed by atoms with Crippen molar-refractivity contribution in [2.24, 2.45) is 0 Å². The molecule has 1 aromatic carbocycles. The highest BCUT2D eigenvalue weighted by molar-refractivity contribution is 6.00. The molecule has 8 heteroatoms. The number of fused-ring (bicyclic) bond motifs is 1. The van der Waals surface area contributed by atoms with E-state index in [0.717, 1.165) is 27.7 Å². The molecule has 0 saturated carbocycles. The molecule has 4 aromatic rings. The maximum absolute atomic E-state index is 12.8. The Kier molecular flexibility index (Phi) is 6.19. The summed E-state index contributed by atoms with van der Waals surface area (Å²) >= 11 is 0. The largest absolute Gasteiger partial charge is 0.467 e. The average Bonchev–Trinajstić information content (AvgIpc) is 3.40. The Labute approximate surface area is 196 Å². The second-order valence-electron chi connectivity index (χ2n) is 8.05. The quantitative estimate of drug-likeness (QED) is 0.425. The van der Waals surface area contributed by atoms with Crippen LogP contribution in [0.25, 0.3) is 10.9 Å². The first-order valence-corrected chi connectivity index (χ1v) is 10.8. The molecule has 0 atom stereocenters. The molecule has 172 valence electrons. The molecular formula is C26H24N4O4. The lowest BCUT2D eigenvalue weighted by Crippen LogP contribution is -2.24. The fourth-order valence-corrected chi connectivity index (χ4v) is 4.09. The lowest BCUT2D eigenvalue weighted by Gasteiger charge is -2.14. The molecule has 0 bridgehead atoms. The Hall–Kier alpha value is -4.38. The van der Waals surface area contributed by atoms with Crippen LogP contribution in [0, 0.1) is 39.0 Å². The number of pyridine rings is 1. The first kappa shape index (κ1) is 22.8. The van der Waals surface area contributed by atoms with Crippen LogP contribution in [0.15, 0.2) is 47.1 Å². The van der Waals surface area contributed by atoms with E-state index in [1.165, 1.54) is 0 Å². The van der Waals surface area contributed by atoms with E-state index in [0.29, 0.717) is 34.9 Å². The number of ether oxygens (including phenoxy) is 1. The molecular weight excluding hydrogens is 432 g/mol. The molecule has 0 aliphatic rings. The molecule has 0 aliphatic carbocycles. The molecule has 0 unspecified atom stereocenters. The van der Waals surface area contributed by atoms with Crippen LogP contribution in [0.2, 0.25) is 0 Å². The maximum atomic E-state index is 12.8. The number of aromatic nitrogens is 2. The molecule has 3 aromatic heterocycles. The number of nitriles is 1. The second kappa shape index (κ2) is 9.24. The summed E-state index contributed by atoms with van der Waals surface area (Å²) in [4.78, 5) is 30.0. The smallest absolute Gasteiger partial charge is 0.340 e. The third-order valence-electron chi connectivity index (χ3n) is 5.96. The van der Waals surface area contributed by atoms with Crippen LogP contribution in [-0.2, 0) is 16.1 Å². The number of hydrogen-bond donors (Lipinski definition) is 1. The third kappa shape index (κ3) is 4.16. The SMILES string of the molecule is Cc1nc2ccccc2c(C)c1C(=O)OCC(=O)Nc1c(C#N)c(C)c(C)n1Cc1ccco1. The fourth-order valence-electron chi connectivity index (χ4n) is 4.09. The van der Waals surface area contributed by atoms with Gasteiger partial charge in [-0.3, -0.25) is 9.78 Å². The number of aryl methyl sites for hydroxylation is 2. The van der Waals surface area contributed by atoms with Gasteiger partial charge in [-0.1, -0.05) is 18.2 Å². The van der Waals surface area contributed by atoms with Gasteiger partial charge in [-0.15, -0.1) is 0 Å². The minimum Gasteiger partial charge on any atom is -0.467 e. The van der Waals surface area contributed by atoms with Crippen molar-refractivity contribution < 1.29 is 18.7 Å². The minimum atomic E-state index is -0.623. The molecule has 1 N–H and O–H groups in total. The van der Waals surface area contributed by atoms with E-state index in [1.807, 2.05) is 51.1 Å². The Morgan fingerprint density at radius 1 is 1.12 bits per heavy atom. The van der Waals surface area contributed by atoms with Crippen LogP contribution >= 0.6 is 0 Å².